The first-order valence-electron chi connectivity index (χ1n) is 5.56. The van der Waals surface area contributed by atoms with Gasteiger partial charge >= 0.3 is 0 Å². The summed E-state index contributed by atoms with van der Waals surface area (Å²) in [6.07, 6.45) is 5.48. The molecule has 78 valence electrons. The summed E-state index contributed by atoms with van der Waals surface area (Å²) in [6.45, 7) is 4.38. The fourth-order valence-electron chi connectivity index (χ4n) is 2.74. The summed E-state index contributed by atoms with van der Waals surface area (Å²) in [5, 5.41) is 8.77. The van der Waals surface area contributed by atoms with Gasteiger partial charge in [0.2, 0.25) is 0 Å². The maximum absolute atomic E-state index is 8.77. The fourth-order valence-corrected chi connectivity index (χ4v) is 2.74. The van der Waals surface area contributed by atoms with Gasteiger partial charge in [-0.15, -0.1) is 0 Å². The predicted octanol–water partition coefficient (Wildman–Crippen LogP) is 1.10. The van der Waals surface area contributed by atoms with E-state index in [0.717, 1.165) is 6.54 Å². The summed E-state index contributed by atoms with van der Waals surface area (Å²) < 4.78 is 0. The van der Waals surface area contributed by atoms with Gasteiger partial charge in [-0.3, -0.25) is 4.90 Å². The third kappa shape index (κ3) is 1.53. The second-order valence-corrected chi connectivity index (χ2v) is 4.97. The van der Waals surface area contributed by atoms with Crippen molar-refractivity contribution in [3.05, 3.63) is 0 Å². The number of nitrogens with two attached hydrogens (primary N) is 1. The molecule has 1 heterocycles. The van der Waals surface area contributed by atoms with Gasteiger partial charge in [-0.2, -0.15) is 5.26 Å². The van der Waals surface area contributed by atoms with Crippen LogP contribution in [0.15, 0.2) is 0 Å². The Morgan fingerprint density at radius 1 is 1.43 bits per heavy atom. The molecule has 0 aromatic carbocycles. The highest BCUT2D eigenvalue weighted by atomic mass is 15.2. The normalized spacial score (nSPS) is 29.5. The highest BCUT2D eigenvalue weighted by Crippen LogP contribution is 2.48. The second-order valence-electron chi connectivity index (χ2n) is 4.97. The second kappa shape index (κ2) is 3.52. The van der Waals surface area contributed by atoms with E-state index in [1.165, 1.54) is 32.2 Å². The molecule has 0 radical (unpaired) electrons. The zero-order valence-corrected chi connectivity index (χ0v) is 8.87. The van der Waals surface area contributed by atoms with Crippen LogP contribution in [-0.4, -0.2) is 30.1 Å². The van der Waals surface area contributed by atoms with Crippen molar-refractivity contribution in [3.8, 4) is 6.07 Å². The van der Waals surface area contributed by atoms with E-state index in [4.69, 9.17) is 11.0 Å². The van der Waals surface area contributed by atoms with Crippen LogP contribution >= 0.6 is 0 Å². The number of likely N-dealkylation sites (tertiary alicyclic amines) is 1. The molecule has 1 aliphatic carbocycles. The molecule has 1 saturated carbocycles. The molecule has 2 N–H and O–H groups in total. The maximum Gasteiger partial charge on any atom is 0.108 e. The van der Waals surface area contributed by atoms with E-state index in [2.05, 4.69) is 17.9 Å². The van der Waals surface area contributed by atoms with Crippen molar-refractivity contribution in [2.45, 2.75) is 44.7 Å². The molecule has 2 fully saturated rings. The molecule has 2 atom stereocenters. The van der Waals surface area contributed by atoms with E-state index in [-0.39, 0.29) is 12.1 Å². The Morgan fingerprint density at radius 3 is 2.57 bits per heavy atom. The molecule has 0 bridgehead atoms. The monoisotopic (exact) mass is 193 g/mol. The van der Waals surface area contributed by atoms with Gasteiger partial charge in [-0.05, 0) is 38.1 Å². The molecule has 3 heteroatoms. The van der Waals surface area contributed by atoms with Crippen LogP contribution in [0, 0.1) is 16.7 Å². The molecule has 0 amide bonds. The average Bonchev–Trinajstić information content (AvgIpc) is 2.59. The van der Waals surface area contributed by atoms with Gasteiger partial charge < -0.3 is 5.73 Å². The summed E-state index contributed by atoms with van der Waals surface area (Å²) in [5.74, 6) is 0. The lowest BCUT2D eigenvalue weighted by Crippen LogP contribution is -2.45. The Bertz CT molecular complexity index is 252. The van der Waals surface area contributed by atoms with Gasteiger partial charge in [0.1, 0.15) is 6.04 Å². The number of hydrogen-bond acceptors (Lipinski definition) is 3. The Balaban J connectivity index is 1.92. The van der Waals surface area contributed by atoms with Gasteiger partial charge in [0.15, 0.2) is 0 Å². The molecule has 1 aliphatic heterocycles. The van der Waals surface area contributed by atoms with E-state index in [1.807, 2.05) is 0 Å². The highest BCUT2D eigenvalue weighted by Gasteiger charge is 2.44. The summed E-state index contributed by atoms with van der Waals surface area (Å²) in [4.78, 5) is 2.40. The largest absolute Gasteiger partial charge is 0.315 e. The van der Waals surface area contributed by atoms with Gasteiger partial charge in [0.05, 0.1) is 6.07 Å². The van der Waals surface area contributed by atoms with Crippen LogP contribution < -0.4 is 5.73 Å². The lowest BCUT2D eigenvalue weighted by Gasteiger charge is -2.39. The lowest BCUT2D eigenvalue weighted by atomic mass is 9.68. The van der Waals surface area contributed by atoms with Crippen LogP contribution in [0.2, 0.25) is 0 Å². The van der Waals surface area contributed by atoms with E-state index in [9.17, 15) is 0 Å². The van der Waals surface area contributed by atoms with Crippen LogP contribution in [-0.2, 0) is 0 Å². The van der Waals surface area contributed by atoms with Crippen LogP contribution in [0.3, 0.4) is 0 Å². The Morgan fingerprint density at radius 2 is 2.14 bits per heavy atom. The molecule has 1 saturated heterocycles. The molecular weight excluding hydrogens is 174 g/mol. The molecule has 2 aliphatic rings. The third-order valence-electron chi connectivity index (χ3n) is 4.13. The van der Waals surface area contributed by atoms with Gasteiger partial charge in [-0.25, -0.2) is 0 Å². The summed E-state index contributed by atoms with van der Waals surface area (Å²) in [7, 11) is 0. The van der Waals surface area contributed by atoms with E-state index in [0.29, 0.717) is 5.41 Å². The topological polar surface area (TPSA) is 53.1 Å². The zero-order valence-electron chi connectivity index (χ0n) is 8.87. The van der Waals surface area contributed by atoms with Gasteiger partial charge in [-0.1, -0.05) is 6.42 Å². The number of nitriles is 1. The van der Waals surface area contributed by atoms with E-state index < -0.39 is 0 Å². The third-order valence-corrected chi connectivity index (χ3v) is 4.13. The molecule has 14 heavy (non-hydrogen) atoms. The molecular formula is C11H19N3. The number of rotatable bonds is 2. The smallest absolute Gasteiger partial charge is 0.108 e. The molecule has 0 aromatic heterocycles. The predicted molar refractivity (Wildman–Crippen MR) is 55.5 cm³/mol. The molecule has 0 aromatic rings. The molecule has 3 nitrogen and oxygen atoms in total. The summed E-state index contributed by atoms with van der Waals surface area (Å²) in [6, 6.07) is 2.03. The van der Waals surface area contributed by atoms with Crippen molar-refractivity contribution < 1.29 is 0 Å². The molecule has 1 spiro atoms. The summed E-state index contributed by atoms with van der Waals surface area (Å²) in [5.41, 5.74) is 6.36. The first kappa shape index (κ1) is 9.95. The quantitative estimate of drug-likeness (QED) is 0.714. The Labute approximate surface area is 85.9 Å². The van der Waals surface area contributed by atoms with Crippen LogP contribution in [0.4, 0.5) is 0 Å². The van der Waals surface area contributed by atoms with E-state index >= 15 is 0 Å². The number of hydrogen-bond donors (Lipinski definition) is 1. The van der Waals surface area contributed by atoms with Crippen molar-refractivity contribution in [1.82, 2.24) is 4.90 Å². The number of nitrogens with zero attached hydrogens (tertiary/aromatic N) is 2. The minimum Gasteiger partial charge on any atom is -0.315 e. The van der Waals surface area contributed by atoms with Crippen LogP contribution in [0.5, 0.6) is 0 Å². The first-order chi connectivity index (χ1) is 6.67. The van der Waals surface area contributed by atoms with Crippen molar-refractivity contribution >= 4 is 0 Å². The van der Waals surface area contributed by atoms with Crippen LogP contribution in [0.25, 0.3) is 0 Å². The maximum atomic E-state index is 8.77. The van der Waals surface area contributed by atoms with Crippen LogP contribution in [0.1, 0.15) is 32.6 Å². The van der Waals surface area contributed by atoms with Crippen molar-refractivity contribution in [3.63, 3.8) is 0 Å². The van der Waals surface area contributed by atoms with Gasteiger partial charge in [0, 0.05) is 12.6 Å². The first-order valence-corrected chi connectivity index (χ1v) is 5.56. The minimum atomic E-state index is -0.328. The summed E-state index contributed by atoms with van der Waals surface area (Å²) >= 11 is 0. The SMILES string of the molecule is CC(C(N)C#N)N1CCC2(CCC2)C1. The van der Waals surface area contributed by atoms with E-state index in [1.54, 1.807) is 0 Å². The highest BCUT2D eigenvalue weighted by molar-refractivity contribution is 5.01. The lowest BCUT2D eigenvalue weighted by molar-refractivity contribution is 0.124. The minimum absolute atomic E-state index is 0.222. The fraction of sp³-hybridized carbons (Fsp3) is 0.909. The average molecular weight is 193 g/mol. The standard InChI is InChI=1S/C11H19N3/c1-9(10(13)7-12)14-6-5-11(8-14)3-2-4-11/h9-10H,2-6,8,13H2,1H3. The molecule has 2 unspecified atom stereocenters. The van der Waals surface area contributed by atoms with Crippen molar-refractivity contribution in [2.24, 2.45) is 11.1 Å². The Kier molecular flexibility index (Phi) is 2.50. The van der Waals surface area contributed by atoms with Crippen molar-refractivity contribution in [1.29, 1.82) is 5.26 Å². The van der Waals surface area contributed by atoms with Gasteiger partial charge in [0.25, 0.3) is 0 Å². The van der Waals surface area contributed by atoms with Crippen molar-refractivity contribution in [2.75, 3.05) is 13.1 Å². The Hall–Kier alpha value is -0.590. The molecule has 2 rings (SSSR count). The zero-order chi connectivity index (χ0) is 10.2.